The van der Waals surface area contributed by atoms with Crippen molar-refractivity contribution in [3.05, 3.63) is 29.3 Å². The molecular weight excluding hydrogens is 440 g/mol. The van der Waals surface area contributed by atoms with Crippen LogP contribution in [0.5, 0.6) is 0 Å². The first-order chi connectivity index (χ1) is 14.9. The number of nitrogens with zero attached hydrogens (tertiary/aromatic N) is 1. The van der Waals surface area contributed by atoms with Crippen molar-refractivity contribution in [3.8, 4) is 0 Å². The largest absolute Gasteiger partial charge is 0.418 e. The summed E-state index contributed by atoms with van der Waals surface area (Å²) in [6, 6.07) is 0.894. The van der Waals surface area contributed by atoms with Crippen molar-refractivity contribution in [2.45, 2.75) is 56.9 Å². The monoisotopic (exact) mass is 465 g/mol. The number of carbonyl (C=O) groups excluding carboxylic acids is 2. The molecule has 1 heterocycles. The van der Waals surface area contributed by atoms with Gasteiger partial charge in [0, 0.05) is 25.6 Å². The number of carbonyl (C=O) groups is 2. The molecule has 5 nitrogen and oxygen atoms in total. The van der Waals surface area contributed by atoms with E-state index in [-0.39, 0.29) is 36.3 Å². The van der Waals surface area contributed by atoms with Gasteiger partial charge in [-0.25, -0.2) is 0 Å². The Labute approximate surface area is 181 Å². The molecule has 1 aromatic rings. The lowest BCUT2D eigenvalue weighted by atomic mass is 9.84. The Hall–Kier alpha value is -2.30. The predicted octanol–water partition coefficient (Wildman–Crippen LogP) is 4.42. The van der Waals surface area contributed by atoms with E-state index in [9.17, 15) is 35.9 Å². The molecule has 2 amide bonds. The summed E-state index contributed by atoms with van der Waals surface area (Å²) >= 11 is 0. The Morgan fingerprint density at radius 3 is 2.34 bits per heavy atom. The van der Waals surface area contributed by atoms with E-state index >= 15 is 0 Å². The Morgan fingerprint density at radius 2 is 1.72 bits per heavy atom. The quantitative estimate of drug-likeness (QED) is 0.647. The van der Waals surface area contributed by atoms with Crippen LogP contribution in [0.2, 0.25) is 0 Å². The minimum absolute atomic E-state index is 0.0149. The molecule has 178 valence electrons. The molecule has 1 saturated carbocycles. The van der Waals surface area contributed by atoms with Gasteiger partial charge in [0.2, 0.25) is 11.8 Å². The van der Waals surface area contributed by atoms with Crippen LogP contribution in [0.15, 0.2) is 18.2 Å². The minimum atomic E-state index is -5.07. The third-order valence-corrected chi connectivity index (χ3v) is 6.13. The van der Waals surface area contributed by atoms with Crippen LogP contribution in [-0.2, 0) is 21.9 Å². The number of benzene rings is 1. The molecule has 0 aromatic heterocycles. The molecule has 3 rings (SSSR count). The molecule has 1 aliphatic carbocycles. The van der Waals surface area contributed by atoms with Crippen LogP contribution >= 0.6 is 0 Å². The Morgan fingerprint density at radius 1 is 1.03 bits per heavy atom. The average Bonchev–Trinajstić information content (AvgIpc) is 3.14. The van der Waals surface area contributed by atoms with Crippen LogP contribution in [0.3, 0.4) is 0 Å². The maximum absolute atomic E-state index is 13.2. The number of amides is 2. The first-order valence-corrected chi connectivity index (χ1v) is 10.5. The van der Waals surface area contributed by atoms with Gasteiger partial charge in [0.15, 0.2) is 0 Å². The van der Waals surface area contributed by atoms with Crippen LogP contribution in [0.25, 0.3) is 0 Å². The fraction of sp³-hybridized carbons (Fsp3) is 0.619. The van der Waals surface area contributed by atoms with Crippen LogP contribution in [0.1, 0.15) is 49.7 Å². The van der Waals surface area contributed by atoms with Gasteiger partial charge in [0.05, 0.1) is 22.7 Å². The highest BCUT2D eigenvalue weighted by Gasteiger charge is 2.39. The summed E-state index contributed by atoms with van der Waals surface area (Å²) in [4.78, 5) is 26.7. The van der Waals surface area contributed by atoms with Crippen LogP contribution in [0, 0.1) is 11.8 Å². The minimum Gasteiger partial charge on any atom is -0.342 e. The number of anilines is 1. The van der Waals surface area contributed by atoms with Gasteiger partial charge < -0.3 is 16.0 Å². The highest BCUT2D eigenvalue weighted by molar-refractivity contribution is 5.92. The molecule has 11 heteroatoms. The summed E-state index contributed by atoms with van der Waals surface area (Å²) in [5.41, 5.74) is 2.32. The van der Waals surface area contributed by atoms with Crippen molar-refractivity contribution in [1.29, 1.82) is 0 Å². The van der Waals surface area contributed by atoms with Gasteiger partial charge in [-0.1, -0.05) is 12.8 Å². The molecule has 0 bridgehead atoms. The van der Waals surface area contributed by atoms with E-state index in [1.165, 1.54) is 0 Å². The fourth-order valence-corrected chi connectivity index (χ4v) is 4.43. The van der Waals surface area contributed by atoms with Gasteiger partial charge in [-0.2, -0.15) is 26.3 Å². The van der Waals surface area contributed by atoms with Gasteiger partial charge in [0.25, 0.3) is 0 Å². The van der Waals surface area contributed by atoms with Gasteiger partial charge in [-0.05, 0) is 43.4 Å². The van der Waals surface area contributed by atoms with E-state index < -0.39 is 35.1 Å². The first-order valence-electron chi connectivity index (χ1n) is 10.5. The molecule has 2 fully saturated rings. The molecule has 3 atom stereocenters. The Balaban J connectivity index is 1.62. The van der Waals surface area contributed by atoms with Crippen LogP contribution < -0.4 is 11.1 Å². The van der Waals surface area contributed by atoms with Crippen LogP contribution in [-0.4, -0.2) is 35.8 Å². The summed E-state index contributed by atoms with van der Waals surface area (Å²) in [6.07, 6.45) is -6.22. The van der Waals surface area contributed by atoms with Gasteiger partial charge in [-0.3, -0.25) is 9.59 Å². The molecular formula is C21H25F6N3O2. The standard InChI is InChI=1S/C21H25F6N3O2/c22-20(23,24)13-5-6-17(15(10-13)21(25,26)27)29-18(31)9-12-7-8-30(11-12)19(32)14-3-1-2-4-16(14)28/h5-6,10,12,14,16H,1-4,7-9,11,28H2,(H,29,31)/t12?,14-,16-/m1/s1. The molecule has 1 unspecified atom stereocenters. The van der Waals surface area contributed by atoms with E-state index in [0.717, 1.165) is 25.7 Å². The lowest BCUT2D eigenvalue weighted by Crippen LogP contribution is -2.45. The second-order valence-electron chi connectivity index (χ2n) is 8.50. The summed E-state index contributed by atoms with van der Waals surface area (Å²) in [6.45, 7) is 0.739. The van der Waals surface area contributed by atoms with E-state index in [0.29, 0.717) is 31.6 Å². The first kappa shape index (κ1) is 24.3. The normalized spacial score (nSPS) is 24.5. The van der Waals surface area contributed by atoms with Crippen molar-refractivity contribution in [1.82, 2.24) is 4.90 Å². The highest BCUT2D eigenvalue weighted by Crippen LogP contribution is 2.39. The topological polar surface area (TPSA) is 75.4 Å². The lowest BCUT2D eigenvalue weighted by Gasteiger charge is -2.31. The number of likely N-dealkylation sites (tertiary alicyclic amines) is 1. The number of nitrogens with two attached hydrogens (primary N) is 1. The molecule has 0 spiro atoms. The third kappa shape index (κ3) is 5.73. The molecule has 1 saturated heterocycles. The zero-order valence-corrected chi connectivity index (χ0v) is 17.2. The number of halogens is 6. The third-order valence-electron chi connectivity index (χ3n) is 6.13. The van der Waals surface area contributed by atoms with Crippen molar-refractivity contribution in [2.75, 3.05) is 18.4 Å². The molecule has 1 aromatic carbocycles. The summed E-state index contributed by atoms with van der Waals surface area (Å²) in [5, 5.41) is 2.09. The summed E-state index contributed by atoms with van der Waals surface area (Å²) in [5.74, 6) is -1.30. The number of rotatable bonds is 4. The smallest absolute Gasteiger partial charge is 0.342 e. The number of alkyl halides is 6. The second kappa shape index (κ2) is 9.29. The number of hydrogen-bond donors (Lipinski definition) is 2. The van der Waals surface area contributed by atoms with E-state index in [4.69, 9.17) is 5.73 Å². The highest BCUT2D eigenvalue weighted by atomic mass is 19.4. The number of hydrogen-bond acceptors (Lipinski definition) is 3. The van der Waals surface area contributed by atoms with E-state index in [1.54, 1.807) is 4.90 Å². The summed E-state index contributed by atoms with van der Waals surface area (Å²) < 4.78 is 78.1. The van der Waals surface area contributed by atoms with Crippen molar-refractivity contribution in [3.63, 3.8) is 0 Å². The van der Waals surface area contributed by atoms with Gasteiger partial charge >= 0.3 is 12.4 Å². The van der Waals surface area contributed by atoms with Gasteiger partial charge in [-0.15, -0.1) is 0 Å². The Kier molecular flexibility index (Phi) is 7.06. The second-order valence-corrected chi connectivity index (χ2v) is 8.50. The lowest BCUT2D eigenvalue weighted by molar-refractivity contribution is -0.142. The average molecular weight is 465 g/mol. The molecule has 0 radical (unpaired) electrons. The zero-order valence-electron chi connectivity index (χ0n) is 17.2. The maximum Gasteiger partial charge on any atom is 0.418 e. The molecule has 32 heavy (non-hydrogen) atoms. The molecule has 2 aliphatic rings. The molecule has 1 aliphatic heterocycles. The SMILES string of the molecule is N[C@@H]1CCCC[C@H]1C(=O)N1CCC(CC(=O)Nc2ccc(C(F)(F)F)cc2C(F)(F)F)C1. The summed E-state index contributed by atoms with van der Waals surface area (Å²) in [7, 11) is 0. The van der Waals surface area contributed by atoms with Gasteiger partial charge in [0.1, 0.15) is 0 Å². The van der Waals surface area contributed by atoms with E-state index in [2.05, 4.69) is 5.32 Å². The van der Waals surface area contributed by atoms with Crippen molar-refractivity contribution in [2.24, 2.45) is 17.6 Å². The van der Waals surface area contributed by atoms with Crippen molar-refractivity contribution >= 4 is 17.5 Å². The van der Waals surface area contributed by atoms with Crippen molar-refractivity contribution < 1.29 is 35.9 Å². The maximum atomic E-state index is 13.2. The predicted molar refractivity (Wildman–Crippen MR) is 104 cm³/mol. The van der Waals surface area contributed by atoms with Crippen LogP contribution in [0.4, 0.5) is 32.0 Å². The molecule has 3 N–H and O–H groups in total. The Bertz CT molecular complexity index is 855. The zero-order chi connectivity index (χ0) is 23.7. The number of nitrogens with one attached hydrogen (secondary N) is 1. The van der Waals surface area contributed by atoms with E-state index in [1.807, 2.05) is 0 Å². The fourth-order valence-electron chi connectivity index (χ4n) is 4.43.